The standard InChI is InChI=1S/C20H24N4O6/c1-11(2)18(20(30)21-9-16(26)22-13(10-25)8-17(27)28)24-19(29)15-7-12-5-3-4-6-14(12)23-15/h3-7,10-11,13,18,23H,8-9H2,1-2H3,(H,21,30)(H,22,26)(H,24,29)(H,27,28)/t13-,18?/m0/s1. The van der Waals surface area contributed by atoms with Crippen LogP contribution in [0.5, 0.6) is 0 Å². The summed E-state index contributed by atoms with van der Waals surface area (Å²) in [6.07, 6.45) is -0.246. The molecule has 1 unspecified atom stereocenters. The fourth-order valence-electron chi connectivity index (χ4n) is 2.81. The highest BCUT2D eigenvalue weighted by Crippen LogP contribution is 2.15. The molecule has 160 valence electrons. The maximum atomic E-state index is 12.6. The summed E-state index contributed by atoms with van der Waals surface area (Å²) >= 11 is 0. The van der Waals surface area contributed by atoms with Gasteiger partial charge in [0.25, 0.3) is 5.91 Å². The molecule has 10 heteroatoms. The highest BCUT2D eigenvalue weighted by molar-refractivity contribution is 6.00. The number of benzene rings is 1. The Morgan fingerprint density at radius 3 is 2.43 bits per heavy atom. The molecule has 1 aromatic carbocycles. The molecule has 1 aromatic heterocycles. The molecule has 0 saturated heterocycles. The Kier molecular flexibility index (Phi) is 7.68. The van der Waals surface area contributed by atoms with Gasteiger partial charge in [0.05, 0.1) is 19.0 Å². The maximum absolute atomic E-state index is 12.6. The number of hydrogen-bond acceptors (Lipinski definition) is 5. The first-order valence-corrected chi connectivity index (χ1v) is 9.34. The lowest BCUT2D eigenvalue weighted by Gasteiger charge is -2.21. The van der Waals surface area contributed by atoms with Gasteiger partial charge in [-0.1, -0.05) is 32.0 Å². The number of carboxylic acid groups (broad SMARTS) is 1. The molecule has 0 aliphatic heterocycles. The molecule has 2 atom stereocenters. The number of H-pyrrole nitrogens is 1. The molecule has 0 spiro atoms. The Bertz CT molecular complexity index is 919. The smallest absolute Gasteiger partial charge is 0.305 e. The van der Waals surface area contributed by atoms with Gasteiger partial charge >= 0.3 is 5.97 Å². The molecule has 10 nitrogen and oxygen atoms in total. The van der Waals surface area contributed by atoms with E-state index in [1.807, 2.05) is 24.3 Å². The number of aliphatic carboxylic acids is 1. The van der Waals surface area contributed by atoms with Crippen LogP contribution in [0.4, 0.5) is 0 Å². The van der Waals surface area contributed by atoms with Gasteiger partial charge < -0.3 is 30.8 Å². The summed E-state index contributed by atoms with van der Waals surface area (Å²) in [4.78, 5) is 61.3. The molecule has 0 saturated carbocycles. The number of fused-ring (bicyclic) bond motifs is 1. The fourth-order valence-corrected chi connectivity index (χ4v) is 2.81. The molecular weight excluding hydrogens is 392 g/mol. The number of aromatic nitrogens is 1. The quantitative estimate of drug-likeness (QED) is 0.348. The SMILES string of the molecule is CC(C)C(NC(=O)c1cc2ccccc2[nH]1)C(=O)NCC(=O)N[C@H](C=O)CC(=O)O. The molecule has 0 aliphatic rings. The summed E-state index contributed by atoms with van der Waals surface area (Å²) in [6.45, 7) is 3.02. The van der Waals surface area contributed by atoms with Gasteiger partial charge in [-0.05, 0) is 18.1 Å². The number of carbonyl (C=O) groups is 5. The zero-order chi connectivity index (χ0) is 22.3. The lowest BCUT2D eigenvalue weighted by molar-refractivity contribution is -0.139. The van der Waals surface area contributed by atoms with Gasteiger partial charge in [0.15, 0.2) is 0 Å². The third-order valence-corrected chi connectivity index (χ3v) is 4.34. The van der Waals surface area contributed by atoms with Crippen molar-refractivity contribution in [1.82, 2.24) is 20.9 Å². The molecule has 1 heterocycles. The second-order valence-corrected chi connectivity index (χ2v) is 7.09. The minimum absolute atomic E-state index is 0.267. The zero-order valence-corrected chi connectivity index (χ0v) is 16.6. The molecule has 0 fully saturated rings. The summed E-state index contributed by atoms with van der Waals surface area (Å²) < 4.78 is 0. The van der Waals surface area contributed by atoms with E-state index in [-0.39, 0.29) is 5.92 Å². The van der Waals surface area contributed by atoms with E-state index in [0.29, 0.717) is 12.0 Å². The lowest BCUT2D eigenvalue weighted by Crippen LogP contribution is -2.52. The van der Waals surface area contributed by atoms with Crippen molar-refractivity contribution in [3.05, 3.63) is 36.0 Å². The van der Waals surface area contributed by atoms with Crippen LogP contribution in [-0.2, 0) is 19.2 Å². The van der Waals surface area contributed by atoms with Gasteiger partial charge in [-0.2, -0.15) is 0 Å². The summed E-state index contributed by atoms with van der Waals surface area (Å²) in [5.41, 5.74) is 1.09. The van der Waals surface area contributed by atoms with E-state index in [4.69, 9.17) is 5.11 Å². The monoisotopic (exact) mass is 416 g/mol. The highest BCUT2D eigenvalue weighted by Gasteiger charge is 2.26. The Hall–Kier alpha value is -3.69. The van der Waals surface area contributed by atoms with Gasteiger partial charge in [-0.25, -0.2) is 0 Å². The number of para-hydroxylation sites is 1. The number of aromatic amines is 1. The normalized spacial score (nSPS) is 12.8. The minimum atomic E-state index is -1.24. The maximum Gasteiger partial charge on any atom is 0.305 e. The van der Waals surface area contributed by atoms with Crippen LogP contribution in [-0.4, -0.2) is 58.7 Å². The van der Waals surface area contributed by atoms with E-state index in [2.05, 4.69) is 20.9 Å². The average Bonchev–Trinajstić information content (AvgIpc) is 3.13. The van der Waals surface area contributed by atoms with E-state index in [9.17, 15) is 24.0 Å². The van der Waals surface area contributed by atoms with Crippen molar-refractivity contribution in [2.75, 3.05) is 6.54 Å². The van der Waals surface area contributed by atoms with Gasteiger partial charge in [-0.15, -0.1) is 0 Å². The molecule has 2 aromatic rings. The van der Waals surface area contributed by atoms with Crippen LogP contribution in [0.15, 0.2) is 30.3 Å². The first-order chi connectivity index (χ1) is 14.2. The predicted molar refractivity (Wildman–Crippen MR) is 108 cm³/mol. The van der Waals surface area contributed by atoms with Gasteiger partial charge in [0.2, 0.25) is 11.8 Å². The summed E-state index contributed by atoms with van der Waals surface area (Å²) in [5.74, 6) is -3.27. The van der Waals surface area contributed by atoms with Crippen molar-refractivity contribution in [2.24, 2.45) is 5.92 Å². The second-order valence-electron chi connectivity index (χ2n) is 7.09. The van der Waals surface area contributed by atoms with E-state index >= 15 is 0 Å². The summed E-state index contributed by atoms with van der Waals surface area (Å²) in [5, 5.41) is 16.8. The number of aldehydes is 1. The fraction of sp³-hybridized carbons (Fsp3) is 0.350. The number of nitrogens with one attached hydrogen (secondary N) is 4. The van der Waals surface area contributed by atoms with Gasteiger partial charge in [0, 0.05) is 10.9 Å². The van der Waals surface area contributed by atoms with Crippen LogP contribution in [0.25, 0.3) is 10.9 Å². The van der Waals surface area contributed by atoms with Crippen LogP contribution in [0, 0.1) is 5.92 Å². The van der Waals surface area contributed by atoms with Crippen LogP contribution in [0.1, 0.15) is 30.8 Å². The van der Waals surface area contributed by atoms with E-state index in [1.54, 1.807) is 19.9 Å². The zero-order valence-electron chi connectivity index (χ0n) is 16.6. The topological polar surface area (TPSA) is 157 Å². The van der Waals surface area contributed by atoms with Crippen LogP contribution >= 0.6 is 0 Å². The highest BCUT2D eigenvalue weighted by atomic mass is 16.4. The van der Waals surface area contributed by atoms with E-state index < -0.39 is 48.7 Å². The van der Waals surface area contributed by atoms with E-state index in [0.717, 1.165) is 10.9 Å². The molecule has 30 heavy (non-hydrogen) atoms. The molecule has 0 aliphatic carbocycles. The van der Waals surface area contributed by atoms with Crippen molar-refractivity contribution in [1.29, 1.82) is 0 Å². The molecule has 3 amide bonds. The first kappa shape index (κ1) is 22.6. The Balaban J connectivity index is 1.95. The number of carbonyl (C=O) groups excluding carboxylic acids is 4. The summed E-state index contributed by atoms with van der Waals surface area (Å²) in [6, 6.07) is 6.95. The summed E-state index contributed by atoms with van der Waals surface area (Å²) in [7, 11) is 0. The third-order valence-electron chi connectivity index (χ3n) is 4.34. The lowest BCUT2D eigenvalue weighted by atomic mass is 10.0. The molecule has 0 radical (unpaired) electrons. The van der Waals surface area contributed by atoms with Crippen LogP contribution in [0.3, 0.4) is 0 Å². The van der Waals surface area contributed by atoms with Crippen molar-refractivity contribution < 1.29 is 29.1 Å². The Labute approximate surface area is 172 Å². The van der Waals surface area contributed by atoms with Crippen molar-refractivity contribution in [3.63, 3.8) is 0 Å². The Morgan fingerprint density at radius 2 is 1.83 bits per heavy atom. The first-order valence-electron chi connectivity index (χ1n) is 9.34. The molecular formula is C20H24N4O6. The van der Waals surface area contributed by atoms with Crippen LogP contribution in [0.2, 0.25) is 0 Å². The number of rotatable bonds is 10. The number of carboxylic acids is 1. The molecule has 2 rings (SSSR count). The van der Waals surface area contributed by atoms with Crippen molar-refractivity contribution in [2.45, 2.75) is 32.4 Å². The second kappa shape index (κ2) is 10.2. The third kappa shape index (κ3) is 6.16. The van der Waals surface area contributed by atoms with Gasteiger partial charge in [-0.3, -0.25) is 19.2 Å². The minimum Gasteiger partial charge on any atom is -0.481 e. The number of amides is 3. The molecule has 0 bridgehead atoms. The molecule has 5 N–H and O–H groups in total. The van der Waals surface area contributed by atoms with Crippen molar-refractivity contribution >= 4 is 40.9 Å². The predicted octanol–water partition coefficient (Wildman–Crippen LogP) is 0.197. The van der Waals surface area contributed by atoms with E-state index in [1.165, 1.54) is 0 Å². The largest absolute Gasteiger partial charge is 0.481 e. The Morgan fingerprint density at radius 1 is 1.13 bits per heavy atom. The van der Waals surface area contributed by atoms with Crippen LogP contribution < -0.4 is 16.0 Å². The van der Waals surface area contributed by atoms with Crippen molar-refractivity contribution in [3.8, 4) is 0 Å². The number of hydrogen-bond donors (Lipinski definition) is 5. The average molecular weight is 416 g/mol. The van der Waals surface area contributed by atoms with Gasteiger partial charge in [0.1, 0.15) is 18.0 Å².